The summed E-state index contributed by atoms with van der Waals surface area (Å²) in [5, 5.41) is 4.58. The van der Waals surface area contributed by atoms with Crippen molar-refractivity contribution in [2.24, 2.45) is 5.41 Å². The molecule has 3 rings (SSSR count). The fourth-order valence-corrected chi connectivity index (χ4v) is 3.91. The predicted molar refractivity (Wildman–Crippen MR) is 103 cm³/mol. The number of halogens is 3. The van der Waals surface area contributed by atoms with Gasteiger partial charge in [0.15, 0.2) is 0 Å². The van der Waals surface area contributed by atoms with Gasteiger partial charge in [0.25, 0.3) is 0 Å². The maximum atomic E-state index is 13.1. The first kappa shape index (κ1) is 20.9. The molecule has 0 N–H and O–H groups in total. The van der Waals surface area contributed by atoms with Crippen LogP contribution in [-0.4, -0.2) is 15.4 Å². The summed E-state index contributed by atoms with van der Waals surface area (Å²) in [6.07, 6.45) is 3.65. The Morgan fingerprint density at radius 1 is 1.21 bits per heavy atom. The van der Waals surface area contributed by atoms with E-state index in [1.165, 1.54) is 12.3 Å². The molecule has 0 spiro atoms. The first-order chi connectivity index (χ1) is 13.0. The number of ketones is 1. The monoisotopic (exact) mass is 394 g/mol. The number of aryl methyl sites for hydroxylation is 1. The van der Waals surface area contributed by atoms with Gasteiger partial charge in [-0.3, -0.25) is 4.79 Å². The minimum atomic E-state index is -4.35. The number of nitrogens with zero attached hydrogens (tertiary/aromatic N) is 2. The van der Waals surface area contributed by atoms with Gasteiger partial charge in [-0.2, -0.15) is 18.3 Å². The van der Waals surface area contributed by atoms with Crippen molar-refractivity contribution in [2.75, 3.05) is 0 Å². The highest BCUT2D eigenvalue weighted by atomic mass is 19.4. The summed E-state index contributed by atoms with van der Waals surface area (Å²) in [7, 11) is 0. The average molecular weight is 394 g/mol. The zero-order valence-electron chi connectivity index (χ0n) is 16.9. The summed E-state index contributed by atoms with van der Waals surface area (Å²) in [5.41, 5.74) is 1.84. The van der Waals surface area contributed by atoms with E-state index in [0.29, 0.717) is 30.7 Å². The Bertz CT molecular complexity index is 842. The van der Waals surface area contributed by atoms with Crippen LogP contribution in [-0.2, 0) is 17.4 Å². The number of pyridine rings is 1. The van der Waals surface area contributed by atoms with Crippen molar-refractivity contribution in [2.45, 2.75) is 84.2 Å². The molecule has 1 aliphatic carbocycles. The number of Topliss-reactive ketones (excluding diaryl/α,β-unsaturated/α-hetero) is 1. The number of carbonyl (C=O) groups excluding carboxylic acids is 1. The van der Waals surface area contributed by atoms with Gasteiger partial charge in [-0.1, -0.05) is 27.2 Å². The number of hydrogen-bond donors (Lipinski definition) is 0. The Kier molecular flexibility index (Phi) is 5.87. The molecule has 0 atom stereocenters. The molecule has 3 nitrogen and oxygen atoms in total. The van der Waals surface area contributed by atoms with E-state index in [-0.39, 0.29) is 11.2 Å². The third-order valence-corrected chi connectivity index (χ3v) is 5.44. The molecule has 2 aromatic rings. The van der Waals surface area contributed by atoms with Crippen molar-refractivity contribution in [1.82, 2.24) is 9.61 Å². The molecule has 0 saturated heterocycles. The van der Waals surface area contributed by atoms with E-state index in [1.807, 2.05) is 0 Å². The zero-order valence-corrected chi connectivity index (χ0v) is 16.9. The normalized spacial score (nSPS) is 15.8. The smallest absolute Gasteiger partial charge is 0.300 e. The first-order valence-corrected chi connectivity index (χ1v) is 10.1. The second-order valence-electron chi connectivity index (χ2n) is 9.21. The topological polar surface area (TPSA) is 34.4 Å². The van der Waals surface area contributed by atoms with Gasteiger partial charge in [0.1, 0.15) is 5.78 Å². The van der Waals surface area contributed by atoms with Crippen LogP contribution in [0.3, 0.4) is 0 Å². The summed E-state index contributed by atoms with van der Waals surface area (Å²) < 4.78 is 41.0. The molecule has 1 fully saturated rings. The van der Waals surface area contributed by atoms with Crippen LogP contribution in [0.5, 0.6) is 0 Å². The molecule has 0 aliphatic heterocycles. The fourth-order valence-electron chi connectivity index (χ4n) is 3.91. The molecule has 0 unspecified atom stereocenters. The van der Waals surface area contributed by atoms with Crippen LogP contribution in [0.25, 0.3) is 5.52 Å². The van der Waals surface area contributed by atoms with Gasteiger partial charge in [0, 0.05) is 24.6 Å². The molecule has 2 aromatic heterocycles. The predicted octanol–water partition coefficient (Wildman–Crippen LogP) is 6.34. The third-order valence-electron chi connectivity index (χ3n) is 5.44. The van der Waals surface area contributed by atoms with E-state index < -0.39 is 11.7 Å². The highest BCUT2D eigenvalue weighted by Gasteiger charge is 2.33. The molecule has 0 radical (unpaired) electrons. The van der Waals surface area contributed by atoms with Crippen LogP contribution in [0.4, 0.5) is 13.2 Å². The highest BCUT2D eigenvalue weighted by Crippen LogP contribution is 2.41. The van der Waals surface area contributed by atoms with Crippen LogP contribution in [0, 0.1) is 5.41 Å². The molecular formula is C22H29F3N2O. The third kappa shape index (κ3) is 4.95. The molecule has 1 saturated carbocycles. The van der Waals surface area contributed by atoms with Crippen LogP contribution in [0.15, 0.2) is 18.3 Å². The van der Waals surface area contributed by atoms with Crippen molar-refractivity contribution in [3.63, 3.8) is 0 Å². The van der Waals surface area contributed by atoms with Gasteiger partial charge >= 0.3 is 6.18 Å². The highest BCUT2D eigenvalue weighted by molar-refractivity contribution is 5.78. The van der Waals surface area contributed by atoms with E-state index in [0.717, 1.165) is 49.4 Å². The van der Waals surface area contributed by atoms with E-state index in [4.69, 9.17) is 0 Å². The minimum absolute atomic E-state index is 0.00621. The number of rotatable bonds is 7. The molecule has 0 amide bonds. The lowest BCUT2D eigenvalue weighted by Gasteiger charge is -2.26. The van der Waals surface area contributed by atoms with Gasteiger partial charge in [-0.05, 0) is 55.6 Å². The number of aromatic nitrogens is 2. The zero-order chi connectivity index (χ0) is 20.5. The van der Waals surface area contributed by atoms with Gasteiger partial charge in [0.2, 0.25) is 0 Å². The van der Waals surface area contributed by atoms with Crippen LogP contribution < -0.4 is 0 Å². The van der Waals surface area contributed by atoms with E-state index in [9.17, 15) is 18.0 Å². The van der Waals surface area contributed by atoms with Crippen molar-refractivity contribution >= 4 is 11.3 Å². The quantitative estimate of drug-likeness (QED) is 0.514. The van der Waals surface area contributed by atoms with Gasteiger partial charge < -0.3 is 0 Å². The SMILES string of the molecule is CC(C)(C)CC(=O)CCCCc1nn2ccc(C(F)(F)F)cc2c1C1CCC1. The Morgan fingerprint density at radius 2 is 1.93 bits per heavy atom. The number of unbranched alkanes of at least 4 members (excludes halogenated alkanes) is 1. The molecule has 6 heteroatoms. The number of hydrogen-bond acceptors (Lipinski definition) is 2. The number of carbonyl (C=O) groups is 1. The summed E-state index contributed by atoms with van der Waals surface area (Å²) >= 11 is 0. The number of fused-ring (bicyclic) bond motifs is 1. The van der Waals surface area contributed by atoms with Gasteiger partial charge in [-0.15, -0.1) is 0 Å². The maximum Gasteiger partial charge on any atom is 0.416 e. The standard InChI is InChI=1S/C22H29F3N2O/c1-21(2,3)14-17(28)9-4-5-10-18-20(15-7-6-8-15)19-13-16(22(23,24)25)11-12-27(19)26-18/h11-13,15H,4-10,14H2,1-3H3. The van der Waals surface area contributed by atoms with E-state index in [1.54, 1.807) is 4.52 Å². The lowest BCUT2D eigenvalue weighted by atomic mass is 9.78. The second-order valence-corrected chi connectivity index (χ2v) is 9.21. The van der Waals surface area contributed by atoms with Crippen molar-refractivity contribution < 1.29 is 18.0 Å². The average Bonchev–Trinajstić information content (AvgIpc) is 2.85. The van der Waals surface area contributed by atoms with Crippen LogP contribution >= 0.6 is 0 Å². The van der Waals surface area contributed by atoms with Gasteiger partial charge in [0.05, 0.1) is 16.8 Å². The second kappa shape index (κ2) is 7.88. The molecule has 0 aromatic carbocycles. The van der Waals surface area contributed by atoms with Gasteiger partial charge in [-0.25, -0.2) is 4.52 Å². The Morgan fingerprint density at radius 3 is 2.50 bits per heavy atom. The van der Waals surface area contributed by atoms with Crippen LogP contribution in [0.1, 0.15) is 88.5 Å². The van der Waals surface area contributed by atoms with E-state index >= 15 is 0 Å². The maximum absolute atomic E-state index is 13.1. The van der Waals surface area contributed by atoms with Crippen LogP contribution in [0.2, 0.25) is 0 Å². The number of alkyl halides is 3. The Balaban J connectivity index is 1.73. The molecule has 154 valence electrons. The Hall–Kier alpha value is -1.85. The Labute approximate surface area is 164 Å². The van der Waals surface area contributed by atoms with Crippen molar-refractivity contribution in [3.8, 4) is 0 Å². The molecule has 28 heavy (non-hydrogen) atoms. The minimum Gasteiger partial charge on any atom is -0.300 e. The summed E-state index contributed by atoms with van der Waals surface area (Å²) in [5.74, 6) is 0.579. The molecule has 0 bridgehead atoms. The molecule has 2 heterocycles. The first-order valence-electron chi connectivity index (χ1n) is 10.1. The lowest BCUT2D eigenvalue weighted by molar-refractivity contribution is -0.137. The molecule has 1 aliphatic rings. The summed E-state index contributed by atoms with van der Waals surface area (Å²) in [6, 6.07) is 2.32. The summed E-state index contributed by atoms with van der Waals surface area (Å²) in [6.45, 7) is 6.17. The molecular weight excluding hydrogens is 365 g/mol. The van der Waals surface area contributed by atoms with E-state index in [2.05, 4.69) is 25.9 Å². The largest absolute Gasteiger partial charge is 0.416 e. The lowest BCUT2D eigenvalue weighted by Crippen LogP contribution is -2.13. The fraction of sp³-hybridized carbons (Fsp3) is 0.636. The van der Waals surface area contributed by atoms with Crippen molar-refractivity contribution in [1.29, 1.82) is 0 Å². The summed E-state index contributed by atoms with van der Waals surface area (Å²) in [4.78, 5) is 12.0. The van der Waals surface area contributed by atoms with Crippen molar-refractivity contribution in [3.05, 3.63) is 35.2 Å².